The molecule has 1 atom stereocenters. The molecular weight excluding hydrogens is 249 g/mol. The van der Waals surface area contributed by atoms with Gasteiger partial charge in [0.1, 0.15) is 5.82 Å². The third-order valence-corrected chi connectivity index (χ3v) is 4.42. The van der Waals surface area contributed by atoms with E-state index in [1.165, 1.54) is 6.07 Å². The molecule has 2 rings (SSSR count). The molecule has 1 saturated heterocycles. The molecule has 1 aromatic carbocycles. The van der Waals surface area contributed by atoms with Crippen molar-refractivity contribution in [2.45, 2.75) is 45.6 Å². The van der Waals surface area contributed by atoms with Gasteiger partial charge in [0.05, 0.1) is 0 Å². The van der Waals surface area contributed by atoms with Gasteiger partial charge in [0, 0.05) is 10.6 Å². The molecule has 1 nitrogen and oxygen atoms in total. The lowest BCUT2D eigenvalue weighted by molar-refractivity contribution is 0.158. The fourth-order valence-corrected chi connectivity index (χ4v) is 3.01. The van der Waals surface area contributed by atoms with Crippen LogP contribution in [-0.2, 0) is 6.42 Å². The molecule has 0 amide bonds. The molecule has 18 heavy (non-hydrogen) atoms. The minimum Gasteiger partial charge on any atom is -0.310 e. The van der Waals surface area contributed by atoms with Crippen LogP contribution in [0.25, 0.3) is 0 Å². The molecular formula is C15H21ClFN. The van der Waals surface area contributed by atoms with Crippen LogP contribution in [0.4, 0.5) is 4.39 Å². The molecule has 1 aliphatic rings. The van der Waals surface area contributed by atoms with Crippen molar-refractivity contribution in [1.82, 2.24) is 5.32 Å². The maximum Gasteiger partial charge on any atom is 0.127 e. The van der Waals surface area contributed by atoms with Crippen molar-refractivity contribution < 1.29 is 4.39 Å². The molecule has 3 heteroatoms. The molecule has 0 aliphatic carbocycles. The van der Waals surface area contributed by atoms with Crippen LogP contribution in [0.2, 0.25) is 5.02 Å². The summed E-state index contributed by atoms with van der Waals surface area (Å²) in [5.41, 5.74) is 0.848. The van der Waals surface area contributed by atoms with E-state index >= 15 is 0 Å². The van der Waals surface area contributed by atoms with Crippen LogP contribution in [0.5, 0.6) is 0 Å². The average molecular weight is 270 g/mol. The zero-order chi connectivity index (χ0) is 13.4. The summed E-state index contributed by atoms with van der Waals surface area (Å²) in [6, 6.07) is 4.98. The van der Waals surface area contributed by atoms with E-state index in [0.717, 1.165) is 31.4 Å². The van der Waals surface area contributed by atoms with Gasteiger partial charge in [0.25, 0.3) is 0 Å². The fourth-order valence-electron chi connectivity index (χ4n) is 2.85. The minimum atomic E-state index is -0.195. The number of halogens is 2. The highest BCUT2D eigenvalue weighted by atomic mass is 35.5. The van der Waals surface area contributed by atoms with E-state index in [0.29, 0.717) is 5.02 Å². The Morgan fingerprint density at radius 1 is 1.39 bits per heavy atom. The minimum absolute atomic E-state index is 0.0122. The lowest BCUT2D eigenvalue weighted by Crippen LogP contribution is -2.52. The lowest BCUT2D eigenvalue weighted by atomic mass is 9.69. The molecule has 0 aromatic heterocycles. The van der Waals surface area contributed by atoms with Crippen molar-refractivity contribution >= 4 is 11.6 Å². The maximum absolute atomic E-state index is 13.9. The van der Waals surface area contributed by atoms with Gasteiger partial charge in [0.2, 0.25) is 0 Å². The van der Waals surface area contributed by atoms with Crippen molar-refractivity contribution in [2.75, 3.05) is 6.54 Å². The van der Waals surface area contributed by atoms with E-state index in [2.05, 4.69) is 26.1 Å². The van der Waals surface area contributed by atoms with E-state index in [4.69, 9.17) is 11.6 Å². The summed E-state index contributed by atoms with van der Waals surface area (Å²) in [7, 11) is 0. The Morgan fingerprint density at radius 3 is 2.61 bits per heavy atom. The predicted molar refractivity (Wildman–Crippen MR) is 74.5 cm³/mol. The third kappa shape index (κ3) is 2.55. The van der Waals surface area contributed by atoms with E-state index in [-0.39, 0.29) is 16.8 Å². The van der Waals surface area contributed by atoms with Crippen LogP contribution < -0.4 is 5.32 Å². The van der Waals surface area contributed by atoms with Gasteiger partial charge in [-0.15, -0.1) is 0 Å². The van der Waals surface area contributed by atoms with Crippen LogP contribution in [0, 0.1) is 11.2 Å². The van der Waals surface area contributed by atoms with Gasteiger partial charge in [-0.1, -0.05) is 38.4 Å². The highest BCUT2D eigenvalue weighted by Crippen LogP contribution is 2.40. The standard InChI is InChI=1S/C15H21ClFN/c1-14(2,3)15(7-4-8-18-15)10-11-5-6-12(16)9-13(11)17/h5-6,9,18H,4,7-8,10H2,1-3H3. The molecule has 0 bridgehead atoms. The van der Waals surface area contributed by atoms with Crippen LogP contribution >= 0.6 is 11.6 Å². The van der Waals surface area contributed by atoms with E-state index in [9.17, 15) is 4.39 Å². The van der Waals surface area contributed by atoms with Gasteiger partial charge in [-0.25, -0.2) is 4.39 Å². The molecule has 1 heterocycles. The molecule has 0 saturated carbocycles. The zero-order valence-electron chi connectivity index (χ0n) is 11.3. The van der Waals surface area contributed by atoms with Gasteiger partial charge >= 0.3 is 0 Å². The first-order valence-corrected chi connectivity index (χ1v) is 6.91. The SMILES string of the molecule is CC(C)(C)C1(Cc2ccc(Cl)cc2F)CCCN1. The molecule has 1 fully saturated rings. The summed E-state index contributed by atoms with van der Waals surface area (Å²) in [6.07, 6.45) is 2.98. The van der Waals surface area contributed by atoms with Crippen molar-refractivity contribution in [3.63, 3.8) is 0 Å². The zero-order valence-corrected chi connectivity index (χ0v) is 12.1. The van der Waals surface area contributed by atoms with Crippen LogP contribution in [-0.4, -0.2) is 12.1 Å². The first-order chi connectivity index (χ1) is 8.34. The summed E-state index contributed by atoms with van der Waals surface area (Å²) in [5, 5.41) is 4.06. The Morgan fingerprint density at radius 2 is 2.11 bits per heavy atom. The second kappa shape index (κ2) is 4.82. The molecule has 1 unspecified atom stereocenters. The highest BCUT2D eigenvalue weighted by Gasteiger charge is 2.44. The second-order valence-corrected chi connectivity index (χ2v) is 6.71. The van der Waals surface area contributed by atoms with Crippen molar-refractivity contribution in [1.29, 1.82) is 0 Å². The number of hydrogen-bond acceptors (Lipinski definition) is 1. The summed E-state index contributed by atoms with van der Waals surface area (Å²) in [5.74, 6) is -0.195. The molecule has 1 N–H and O–H groups in total. The highest BCUT2D eigenvalue weighted by molar-refractivity contribution is 6.30. The van der Waals surface area contributed by atoms with Gasteiger partial charge < -0.3 is 5.32 Å². The molecule has 1 aromatic rings. The fraction of sp³-hybridized carbons (Fsp3) is 0.600. The van der Waals surface area contributed by atoms with Gasteiger partial charge in [-0.05, 0) is 48.9 Å². The monoisotopic (exact) mass is 269 g/mol. The van der Waals surface area contributed by atoms with Gasteiger partial charge in [-0.2, -0.15) is 0 Å². The first-order valence-electron chi connectivity index (χ1n) is 6.53. The largest absolute Gasteiger partial charge is 0.310 e. The van der Waals surface area contributed by atoms with Crippen LogP contribution in [0.15, 0.2) is 18.2 Å². The first kappa shape index (κ1) is 13.8. The topological polar surface area (TPSA) is 12.0 Å². The third-order valence-electron chi connectivity index (χ3n) is 4.19. The Kier molecular flexibility index (Phi) is 3.70. The van der Waals surface area contributed by atoms with Crippen molar-refractivity contribution in [2.24, 2.45) is 5.41 Å². The van der Waals surface area contributed by atoms with Crippen molar-refractivity contribution in [3.05, 3.63) is 34.6 Å². The summed E-state index contributed by atoms with van der Waals surface area (Å²) < 4.78 is 13.9. The predicted octanol–water partition coefficient (Wildman–Crippen LogP) is 4.19. The number of benzene rings is 1. The van der Waals surface area contributed by atoms with Gasteiger partial charge in [-0.3, -0.25) is 0 Å². The summed E-state index contributed by atoms with van der Waals surface area (Å²) >= 11 is 5.80. The normalized spacial score (nSPS) is 24.5. The Balaban J connectivity index is 2.30. The quantitative estimate of drug-likeness (QED) is 0.849. The van der Waals surface area contributed by atoms with E-state index < -0.39 is 0 Å². The second-order valence-electron chi connectivity index (χ2n) is 6.27. The summed E-state index contributed by atoms with van der Waals surface area (Å²) in [4.78, 5) is 0. The van der Waals surface area contributed by atoms with Crippen molar-refractivity contribution in [3.8, 4) is 0 Å². The Labute approximate surface area is 114 Å². The Hall–Kier alpha value is -0.600. The van der Waals surface area contributed by atoms with E-state index in [1.807, 2.05) is 6.07 Å². The van der Waals surface area contributed by atoms with Crippen LogP contribution in [0.1, 0.15) is 39.2 Å². The molecule has 1 aliphatic heterocycles. The van der Waals surface area contributed by atoms with Gasteiger partial charge in [0.15, 0.2) is 0 Å². The number of hydrogen-bond donors (Lipinski definition) is 1. The average Bonchev–Trinajstić information content (AvgIpc) is 2.71. The summed E-state index contributed by atoms with van der Waals surface area (Å²) in [6.45, 7) is 7.68. The van der Waals surface area contributed by atoms with E-state index in [1.54, 1.807) is 6.07 Å². The smallest absolute Gasteiger partial charge is 0.127 e. The van der Waals surface area contributed by atoms with Crippen LogP contribution in [0.3, 0.4) is 0 Å². The molecule has 0 radical (unpaired) electrons. The molecule has 0 spiro atoms. The number of nitrogens with one attached hydrogen (secondary N) is 1. The lowest BCUT2D eigenvalue weighted by Gasteiger charge is -2.42. The maximum atomic E-state index is 13.9. The Bertz CT molecular complexity index is 431. The molecule has 100 valence electrons. The number of rotatable bonds is 2.